The number of hydrogen-bond donors (Lipinski definition) is 2. The molecule has 3 aromatic carbocycles. The van der Waals surface area contributed by atoms with Gasteiger partial charge in [0.1, 0.15) is 5.82 Å². The monoisotopic (exact) mass is 365 g/mol. The van der Waals surface area contributed by atoms with Gasteiger partial charge in [0.15, 0.2) is 11.6 Å². The quantitative estimate of drug-likeness (QED) is 0.443. The number of fused-ring (bicyclic) bond motifs is 2. The Labute approximate surface area is 162 Å². The highest BCUT2D eigenvalue weighted by Crippen LogP contribution is 2.30. The molecule has 0 bridgehead atoms. The first-order valence-corrected chi connectivity index (χ1v) is 9.38. The fraction of sp³-hybridized carbons (Fsp3) is 0.0870. The van der Waals surface area contributed by atoms with Gasteiger partial charge in [0.2, 0.25) is 0 Å². The lowest BCUT2D eigenvalue weighted by molar-refractivity contribution is 1.11. The summed E-state index contributed by atoms with van der Waals surface area (Å²) in [5.41, 5.74) is 4.18. The summed E-state index contributed by atoms with van der Waals surface area (Å²) in [5.74, 6) is 2.23. The van der Waals surface area contributed by atoms with E-state index in [-0.39, 0.29) is 0 Å². The molecule has 0 aliphatic rings. The van der Waals surface area contributed by atoms with Gasteiger partial charge in [-0.3, -0.25) is 5.10 Å². The molecule has 28 heavy (non-hydrogen) atoms. The Hall–Kier alpha value is -3.73. The minimum Gasteiger partial charge on any atom is -0.322 e. The number of nitrogens with one attached hydrogen (secondary N) is 2. The summed E-state index contributed by atoms with van der Waals surface area (Å²) >= 11 is 0. The Bertz CT molecular complexity index is 1290. The van der Waals surface area contributed by atoms with E-state index in [0.717, 1.165) is 51.3 Å². The van der Waals surface area contributed by atoms with E-state index >= 15 is 0 Å². The van der Waals surface area contributed by atoms with Crippen LogP contribution in [0.3, 0.4) is 0 Å². The molecular weight excluding hydrogens is 346 g/mol. The van der Waals surface area contributed by atoms with Gasteiger partial charge < -0.3 is 5.32 Å². The molecule has 5 rings (SSSR count). The van der Waals surface area contributed by atoms with Gasteiger partial charge in [-0.15, -0.1) is 0 Å². The van der Waals surface area contributed by atoms with Gasteiger partial charge in [0, 0.05) is 16.3 Å². The van der Waals surface area contributed by atoms with Crippen molar-refractivity contribution in [1.29, 1.82) is 0 Å². The highest BCUT2D eigenvalue weighted by atomic mass is 15.2. The second-order valence-electron chi connectivity index (χ2n) is 6.67. The van der Waals surface area contributed by atoms with Gasteiger partial charge in [0.05, 0.1) is 11.0 Å². The van der Waals surface area contributed by atoms with Crippen LogP contribution in [-0.2, 0) is 6.42 Å². The Balaban J connectivity index is 1.69. The molecule has 0 saturated carbocycles. The molecule has 0 aliphatic carbocycles. The molecule has 0 atom stereocenters. The first-order chi connectivity index (χ1) is 13.8. The molecule has 5 heteroatoms. The Morgan fingerprint density at radius 2 is 1.54 bits per heavy atom. The third-order valence-corrected chi connectivity index (χ3v) is 4.95. The molecule has 0 spiro atoms. The normalized spacial score (nSPS) is 11.2. The van der Waals surface area contributed by atoms with Crippen molar-refractivity contribution in [3.8, 4) is 11.4 Å². The predicted molar refractivity (Wildman–Crippen MR) is 114 cm³/mol. The largest absolute Gasteiger partial charge is 0.322 e. The van der Waals surface area contributed by atoms with Crippen LogP contribution in [0.25, 0.3) is 33.2 Å². The number of hydrogen-bond acceptors (Lipinski definition) is 4. The summed E-state index contributed by atoms with van der Waals surface area (Å²) in [7, 11) is 0. The highest BCUT2D eigenvalue weighted by molar-refractivity contribution is 5.96. The van der Waals surface area contributed by atoms with E-state index in [1.807, 2.05) is 54.6 Å². The molecule has 0 fully saturated rings. The summed E-state index contributed by atoms with van der Waals surface area (Å²) in [6.45, 7) is 2.15. The third kappa shape index (κ3) is 2.77. The van der Waals surface area contributed by atoms with Gasteiger partial charge in [-0.2, -0.15) is 5.10 Å². The summed E-state index contributed by atoms with van der Waals surface area (Å²) < 4.78 is 0. The van der Waals surface area contributed by atoms with E-state index in [0.29, 0.717) is 0 Å². The average Bonchev–Trinajstić information content (AvgIpc) is 3.16. The maximum Gasteiger partial charge on any atom is 0.162 e. The van der Waals surface area contributed by atoms with Crippen molar-refractivity contribution in [3.63, 3.8) is 0 Å². The zero-order valence-corrected chi connectivity index (χ0v) is 15.5. The van der Waals surface area contributed by atoms with E-state index < -0.39 is 0 Å². The first-order valence-electron chi connectivity index (χ1n) is 9.38. The Morgan fingerprint density at radius 1 is 0.786 bits per heavy atom. The molecule has 0 amide bonds. The van der Waals surface area contributed by atoms with Crippen molar-refractivity contribution >= 4 is 33.4 Å². The number of rotatable bonds is 4. The standard InChI is InChI=1S/C23H19N5/c1-2-15-9-3-4-10-16(15)21-24-19-13-7-5-11-17(19)22(25-21)26-23-18-12-6-8-14-20(18)27-28-23/h3-14H,2H2,1H3,(H2,24,25,26,27,28). The maximum atomic E-state index is 4.89. The lowest BCUT2D eigenvalue weighted by Crippen LogP contribution is -2.01. The molecule has 0 unspecified atom stereocenters. The van der Waals surface area contributed by atoms with Crippen molar-refractivity contribution in [3.05, 3.63) is 78.4 Å². The summed E-state index contributed by atoms with van der Waals surface area (Å²) in [6, 6.07) is 24.4. The van der Waals surface area contributed by atoms with Gasteiger partial charge in [0.25, 0.3) is 0 Å². The number of nitrogens with zero attached hydrogens (tertiary/aromatic N) is 3. The second-order valence-corrected chi connectivity index (χ2v) is 6.67. The molecule has 2 heterocycles. The van der Waals surface area contributed by atoms with Crippen LogP contribution in [0.2, 0.25) is 0 Å². The second kappa shape index (κ2) is 6.78. The molecule has 0 aliphatic heterocycles. The van der Waals surface area contributed by atoms with Gasteiger partial charge >= 0.3 is 0 Å². The minimum atomic E-state index is 0.721. The lowest BCUT2D eigenvalue weighted by atomic mass is 10.0. The number of benzene rings is 3. The van der Waals surface area contributed by atoms with Gasteiger partial charge in [-0.25, -0.2) is 9.97 Å². The number of H-pyrrole nitrogens is 1. The molecule has 5 nitrogen and oxygen atoms in total. The fourth-order valence-electron chi connectivity index (χ4n) is 3.51. The van der Waals surface area contributed by atoms with E-state index in [1.54, 1.807) is 0 Å². The topological polar surface area (TPSA) is 66.5 Å². The smallest absolute Gasteiger partial charge is 0.162 e. The average molecular weight is 365 g/mol. The van der Waals surface area contributed by atoms with Crippen LogP contribution >= 0.6 is 0 Å². The van der Waals surface area contributed by atoms with Gasteiger partial charge in [-0.05, 0) is 36.2 Å². The van der Waals surface area contributed by atoms with Crippen LogP contribution in [-0.4, -0.2) is 20.2 Å². The van der Waals surface area contributed by atoms with E-state index in [9.17, 15) is 0 Å². The van der Waals surface area contributed by atoms with Crippen molar-refractivity contribution in [2.24, 2.45) is 0 Å². The van der Waals surface area contributed by atoms with Crippen LogP contribution in [0.5, 0.6) is 0 Å². The number of anilines is 2. The zero-order chi connectivity index (χ0) is 18.9. The zero-order valence-electron chi connectivity index (χ0n) is 15.5. The minimum absolute atomic E-state index is 0.721. The van der Waals surface area contributed by atoms with Crippen molar-refractivity contribution in [2.75, 3.05) is 5.32 Å². The molecule has 2 N–H and O–H groups in total. The van der Waals surface area contributed by atoms with E-state index in [1.165, 1.54) is 5.56 Å². The van der Waals surface area contributed by atoms with Crippen molar-refractivity contribution < 1.29 is 0 Å². The number of aromatic nitrogens is 4. The van der Waals surface area contributed by atoms with Gasteiger partial charge in [-0.1, -0.05) is 55.5 Å². The molecule has 2 aromatic heterocycles. The predicted octanol–water partition coefficient (Wildman–Crippen LogP) is 5.48. The highest BCUT2D eigenvalue weighted by Gasteiger charge is 2.13. The molecule has 136 valence electrons. The Morgan fingerprint density at radius 3 is 2.43 bits per heavy atom. The lowest BCUT2D eigenvalue weighted by Gasteiger charge is -2.12. The number of para-hydroxylation sites is 2. The molecule has 0 radical (unpaired) electrons. The molecule has 5 aromatic rings. The number of aromatic amines is 1. The number of aryl methyl sites for hydroxylation is 1. The molecule has 0 saturated heterocycles. The van der Waals surface area contributed by atoms with Crippen molar-refractivity contribution in [2.45, 2.75) is 13.3 Å². The summed E-state index contributed by atoms with van der Waals surface area (Å²) in [6.07, 6.45) is 0.930. The van der Waals surface area contributed by atoms with Crippen LogP contribution < -0.4 is 5.32 Å². The van der Waals surface area contributed by atoms with E-state index in [2.05, 4.69) is 40.6 Å². The first kappa shape index (κ1) is 16.4. The Kier molecular flexibility index (Phi) is 3.98. The van der Waals surface area contributed by atoms with Crippen LogP contribution in [0, 0.1) is 0 Å². The summed E-state index contributed by atoms with van der Waals surface area (Å²) in [4.78, 5) is 9.71. The SMILES string of the molecule is CCc1ccccc1-c1nc(Nc2n[nH]c3ccccc23)c2ccccc2n1. The van der Waals surface area contributed by atoms with E-state index in [4.69, 9.17) is 9.97 Å². The van der Waals surface area contributed by atoms with Crippen molar-refractivity contribution in [1.82, 2.24) is 20.2 Å². The third-order valence-electron chi connectivity index (χ3n) is 4.95. The van der Waals surface area contributed by atoms with Crippen LogP contribution in [0.15, 0.2) is 72.8 Å². The summed E-state index contributed by atoms with van der Waals surface area (Å²) in [5, 5.41) is 12.9. The van der Waals surface area contributed by atoms with Crippen LogP contribution in [0.1, 0.15) is 12.5 Å². The fourth-order valence-corrected chi connectivity index (χ4v) is 3.51. The van der Waals surface area contributed by atoms with Crippen LogP contribution in [0.4, 0.5) is 11.6 Å². The maximum absolute atomic E-state index is 4.89. The molecular formula is C23H19N5.